The van der Waals surface area contributed by atoms with Gasteiger partial charge in [0.1, 0.15) is 18.5 Å². The highest BCUT2D eigenvalue weighted by Gasteiger charge is 2.15. The van der Waals surface area contributed by atoms with Crippen molar-refractivity contribution in [2.45, 2.75) is 44.8 Å². The van der Waals surface area contributed by atoms with E-state index in [1.54, 1.807) is 0 Å². The molecule has 2 aliphatic rings. The number of aliphatic hydroxyl groups is 1. The fourth-order valence-corrected chi connectivity index (χ4v) is 3.39. The molecule has 0 aromatic heterocycles. The monoisotopic (exact) mass is 318 g/mol. The second-order valence-electron chi connectivity index (χ2n) is 6.96. The van der Waals surface area contributed by atoms with Crippen LogP contribution in [0, 0.1) is 0 Å². The van der Waals surface area contributed by atoms with E-state index in [1.165, 1.54) is 50.8 Å². The molecule has 2 saturated heterocycles. The Morgan fingerprint density at radius 1 is 0.957 bits per heavy atom. The predicted molar refractivity (Wildman–Crippen MR) is 92.7 cm³/mol. The molecule has 0 radical (unpaired) electrons. The maximum Gasteiger partial charge on any atom is 0.119 e. The summed E-state index contributed by atoms with van der Waals surface area (Å²) in [4.78, 5) is 4.81. The van der Waals surface area contributed by atoms with E-state index in [-0.39, 0.29) is 0 Å². The summed E-state index contributed by atoms with van der Waals surface area (Å²) in [6, 6.07) is 8.29. The predicted octanol–water partition coefficient (Wildman–Crippen LogP) is 2.51. The number of likely N-dealkylation sites (tertiary alicyclic amines) is 2. The Bertz CT molecular complexity index is 468. The van der Waals surface area contributed by atoms with E-state index in [0.717, 1.165) is 31.9 Å². The molecule has 0 bridgehead atoms. The van der Waals surface area contributed by atoms with Crippen LogP contribution in [0.4, 0.5) is 0 Å². The van der Waals surface area contributed by atoms with Gasteiger partial charge < -0.3 is 14.7 Å². The largest absolute Gasteiger partial charge is 0.491 e. The molecule has 1 aromatic carbocycles. The normalized spacial score (nSPS) is 21.4. The molecule has 3 rings (SSSR count). The maximum absolute atomic E-state index is 10.2. The van der Waals surface area contributed by atoms with Crippen LogP contribution >= 0.6 is 0 Å². The van der Waals surface area contributed by atoms with Crippen molar-refractivity contribution < 1.29 is 9.84 Å². The minimum atomic E-state index is -0.410. The van der Waals surface area contributed by atoms with Crippen LogP contribution in [0.5, 0.6) is 5.75 Å². The lowest BCUT2D eigenvalue weighted by Crippen LogP contribution is -2.36. The molecule has 2 fully saturated rings. The van der Waals surface area contributed by atoms with E-state index in [0.29, 0.717) is 6.61 Å². The summed E-state index contributed by atoms with van der Waals surface area (Å²) < 4.78 is 5.82. The third-order valence-corrected chi connectivity index (χ3v) is 4.86. The summed E-state index contributed by atoms with van der Waals surface area (Å²) in [6.45, 7) is 6.76. The van der Waals surface area contributed by atoms with Crippen LogP contribution < -0.4 is 4.74 Å². The van der Waals surface area contributed by atoms with Crippen molar-refractivity contribution in [1.82, 2.24) is 9.80 Å². The zero-order valence-corrected chi connectivity index (χ0v) is 14.1. The average Bonchev–Trinajstić information content (AvgIpc) is 2.78. The van der Waals surface area contributed by atoms with Crippen LogP contribution in [-0.2, 0) is 6.54 Å². The molecule has 0 saturated carbocycles. The Labute approximate surface area is 140 Å². The number of rotatable bonds is 7. The van der Waals surface area contributed by atoms with Gasteiger partial charge in [0.15, 0.2) is 0 Å². The van der Waals surface area contributed by atoms with Gasteiger partial charge in [0.2, 0.25) is 0 Å². The molecule has 1 aromatic rings. The summed E-state index contributed by atoms with van der Waals surface area (Å²) >= 11 is 0. The summed E-state index contributed by atoms with van der Waals surface area (Å²) in [5.41, 5.74) is 1.30. The molecule has 0 amide bonds. The molecule has 128 valence electrons. The third-order valence-electron chi connectivity index (χ3n) is 4.86. The molecule has 1 atom stereocenters. The van der Waals surface area contributed by atoms with Crippen molar-refractivity contribution in [3.8, 4) is 5.75 Å². The van der Waals surface area contributed by atoms with Gasteiger partial charge in [-0.1, -0.05) is 25.0 Å². The highest BCUT2D eigenvalue weighted by Crippen LogP contribution is 2.18. The molecule has 23 heavy (non-hydrogen) atoms. The van der Waals surface area contributed by atoms with Crippen LogP contribution in [-0.4, -0.2) is 60.3 Å². The van der Waals surface area contributed by atoms with E-state index in [9.17, 15) is 5.11 Å². The van der Waals surface area contributed by atoms with Gasteiger partial charge in [-0.2, -0.15) is 0 Å². The minimum Gasteiger partial charge on any atom is -0.491 e. The molecule has 2 aliphatic heterocycles. The van der Waals surface area contributed by atoms with Gasteiger partial charge in [0, 0.05) is 13.1 Å². The lowest BCUT2D eigenvalue weighted by Gasteiger charge is -2.30. The minimum absolute atomic E-state index is 0.379. The van der Waals surface area contributed by atoms with Gasteiger partial charge in [-0.25, -0.2) is 0 Å². The van der Waals surface area contributed by atoms with Crippen molar-refractivity contribution in [1.29, 1.82) is 0 Å². The molecule has 4 nitrogen and oxygen atoms in total. The molecule has 1 unspecified atom stereocenters. The first-order chi connectivity index (χ1) is 11.3. The van der Waals surface area contributed by atoms with E-state index < -0.39 is 6.10 Å². The Kier molecular flexibility index (Phi) is 6.31. The van der Waals surface area contributed by atoms with Crippen molar-refractivity contribution in [3.63, 3.8) is 0 Å². The number of aliphatic hydroxyl groups excluding tert-OH is 1. The lowest BCUT2D eigenvalue weighted by atomic mass is 10.1. The van der Waals surface area contributed by atoms with E-state index in [4.69, 9.17) is 4.74 Å². The number of hydrogen-bond acceptors (Lipinski definition) is 4. The standard InChI is InChI=1S/C19H30N2O2/c22-18(15-21-9-3-1-2-4-10-21)16-23-19-8-5-7-17(13-19)14-20-11-6-12-20/h5,7-8,13,18,22H,1-4,6,9-12,14-16H2. The Hall–Kier alpha value is -1.10. The maximum atomic E-state index is 10.2. The smallest absolute Gasteiger partial charge is 0.119 e. The zero-order valence-electron chi connectivity index (χ0n) is 14.1. The van der Waals surface area contributed by atoms with E-state index in [1.807, 2.05) is 12.1 Å². The van der Waals surface area contributed by atoms with E-state index in [2.05, 4.69) is 21.9 Å². The van der Waals surface area contributed by atoms with Gasteiger partial charge in [-0.05, 0) is 63.1 Å². The van der Waals surface area contributed by atoms with Crippen LogP contribution in [0.15, 0.2) is 24.3 Å². The second-order valence-corrected chi connectivity index (χ2v) is 6.96. The van der Waals surface area contributed by atoms with Gasteiger partial charge in [-0.3, -0.25) is 4.90 Å². The van der Waals surface area contributed by atoms with Crippen LogP contribution in [0.3, 0.4) is 0 Å². The Balaban J connectivity index is 1.42. The SMILES string of the molecule is OC(COc1cccc(CN2CCC2)c1)CN1CCCCCC1. The lowest BCUT2D eigenvalue weighted by molar-refractivity contribution is 0.0693. The van der Waals surface area contributed by atoms with E-state index >= 15 is 0 Å². The van der Waals surface area contributed by atoms with Crippen molar-refractivity contribution in [2.24, 2.45) is 0 Å². The van der Waals surface area contributed by atoms with Gasteiger partial charge in [0.05, 0.1) is 0 Å². The second kappa shape index (κ2) is 8.67. The molecular weight excluding hydrogens is 288 g/mol. The highest BCUT2D eigenvalue weighted by molar-refractivity contribution is 5.28. The number of hydrogen-bond donors (Lipinski definition) is 1. The van der Waals surface area contributed by atoms with Gasteiger partial charge >= 0.3 is 0 Å². The fourth-order valence-electron chi connectivity index (χ4n) is 3.39. The van der Waals surface area contributed by atoms with Crippen LogP contribution in [0.2, 0.25) is 0 Å². The number of nitrogens with zero attached hydrogens (tertiary/aromatic N) is 2. The van der Waals surface area contributed by atoms with Crippen molar-refractivity contribution in [3.05, 3.63) is 29.8 Å². The molecule has 4 heteroatoms. The van der Waals surface area contributed by atoms with Crippen molar-refractivity contribution in [2.75, 3.05) is 39.3 Å². The average molecular weight is 318 g/mol. The summed E-state index contributed by atoms with van der Waals surface area (Å²) in [5.74, 6) is 0.873. The topological polar surface area (TPSA) is 35.9 Å². The highest BCUT2D eigenvalue weighted by atomic mass is 16.5. The van der Waals surface area contributed by atoms with Crippen LogP contribution in [0.1, 0.15) is 37.7 Å². The fraction of sp³-hybridized carbons (Fsp3) is 0.684. The molecule has 2 heterocycles. The van der Waals surface area contributed by atoms with Crippen LogP contribution in [0.25, 0.3) is 0 Å². The molecular formula is C19H30N2O2. The first-order valence-corrected chi connectivity index (χ1v) is 9.14. The Morgan fingerprint density at radius 2 is 1.70 bits per heavy atom. The van der Waals surface area contributed by atoms with Gasteiger partial charge in [-0.15, -0.1) is 0 Å². The first-order valence-electron chi connectivity index (χ1n) is 9.14. The number of benzene rings is 1. The quantitative estimate of drug-likeness (QED) is 0.838. The summed E-state index contributed by atoms with van der Waals surface area (Å²) in [6.07, 6.45) is 6.07. The third kappa shape index (κ3) is 5.48. The Morgan fingerprint density at radius 3 is 2.39 bits per heavy atom. The van der Waals surface area contributed by atoms with Gasteiger partial charge in [0.25, 0.3) is 0 Å². The first kappa shape index (κ1) is 16.7. The number of ether oxygens (including phenoxy) is 1. The zero-order chi connectivity index (χ0) is 15.9. The van der Waals surface area contributed by atoms with Crippen molar-refractivity contribution >= 4 is 0 Å². The number of β-amino-alcohol motifs (C(OH)–C–C–N with tert-alkyl or cyclic N) is 1. The molecule has 1 N–H and O–H groups in total. The molecule has 0 aliphatic carbocycles. The molecule has 0 spiro atoms. The summed E-state index contributed by atoms with van der Waals surface area (Å²) in [5, 5.41) is 10.2. The summed E-state index contributed by atoms with van der Waals surface area (Å²) in [7, 11) is 0.